The minimum absolute atomic E-state index is 0.0473. The highest BCUT2D eigenvalue weighted by molar-refractivity contribution is 5.72. The van der Waals surface area contributed by atoms with E-state index in [0.29, 0.717) is 43.6 Å². The predicted molar refractivity (Wildman–Crippen MR) is 141 cm³/mol. The smallest absolute Gasteiger partial charge is 0.416 e. The summed E-state index contributed by atoms with van der Waals surface area (Å²) in [5.41, 5.74) is -1.81. The van der Waals surface area contributed by atoms with Gasteiger partial charge < -0.3 is 15.2 Å². The van der Waals surface area contributed by atoms with Gasteiger partial charge in [-0.1, -0.05) is 42.5 Å². The second-order valence-electron chi connectivity index (χ2n) is 10.6. The van der Waals surface area contributed by atoms with E-state index in [2.05, 4.69) is 5.32 Å². The second-order valence-corrected chi connectivity index (χ2v) is 10.6. The number of alkyl halides is 6. The first-order valence-corrected chi connectivity index (χ1v) is 13.4. The van der Waals surface area contributed by atoms with E-state index < -0.39 is 59.3 Å². The molecule has 0 saturated heterocycles. The van der Waals surface area contributed by atoms with Crippen LogP contribution in [0.2, 0.25) is 0 Å². The third-order valence-corrected chi connectivity index (χ3v) is 7.69. The zero-order valence-electron chi connectivity index (χ0n) is 22.6. The SMILES string of the molecule is C[C@@H](O[C@H]1CC[C@H](CNCc2ccccc2)[C@@H](C(=O)O)[C@@H]1c1ccc(F)cc1)c1cc(C(F)(F)F)cc(C(F)(F)F)c1. The van der Waals surface area contributed by atoms with Crippen LogP contribution >= 0.6 is 0 Å². The number of nitrogens with one attached hydrogen (secondary N) is 1. The zero-order valence-corrected chi connectivity index (χ0v) is 22.6. The third kappa shape index (κ3) is 7.69. The average Bonchev–Trinajstić information content (AvgIpc) is 2.93. The lowest BCUT2D eigenvalue weighted by Crippen LogP contribution is -2.45. The molecule has 1 fully saturated rings. The largest absolute Gasteiger partial charge is 0.481 e. The maximum atomic E-state index is 13.8. The molecule has 226 valence electrons. The van der Waals surface area contributed by atoms with Crippen molar-refractivity contribution in [3.8, 4) is 0 Å². The Morgan fingerprint density at radius 3 is 2.07 bits per heavy atom. The lowest BCUT2D eigenvalue weighted by molar-refractivity contribution is -0.151. The van der Waals surface area contributed by atoms with Crippen LogP contribution in [0.1, 0.15) is 59.6 Å². The van der Waals surface area contributed by atoms with Gasteiger partial charge in [-0.25, -0.2) is 4.39 Å². The fourth-order valence-corrected chi connectivity index (χ4v) is 5.66. The van der Waals surface area contributed by atoms with Gasteiger partial charge in [0.1, 0.15) is 5.82 Å². The lowest BCUT2D eigenvalue weighted by atomic mass is 9.67. The highest BCUT2D eigenvalue weighted by Crippen LogP contribution is 2.45. The van der Waals surface area contributed by atoms with Crippen molar-refractivity contribution in [1.82, 2.24) is 5.32 Å². The van der Waals surface area contributed by atoms with Crippen molar-refractivity contribution in [1.29, 1.82) is 0 Å². The Labute approximate surface area is 238 Å². The van der Waals surface area contributed by atoms with E-state index in [1.54, 1.807) is 0 Å². The van der Waals surface area contributed by atoms with Crippen LogP contribution in [0.5, 0.6) is 0 Å². The van der Waals surface area contributed by atoms with E-state index in [1.807, 2.05) is 30.3 Å². The molecule has 5 atom stereocenters. The minimum atomic E-state index is -5.02. The highest BCUT2D eigenvalue weighted by atomic mass is 19.4. The molecule has 4 rings (SSSR count). The number of hydrogen-bond acceptors (Lipinski definition) is 3. The number of halogens is 7. The van der Waals surface area contributed by atoms with Crippen molar-refractivity contribution >= 4 is 5.97 Å². The summed E-state index contributed by atoms with van der Waals surface area (Å²) in [4.78, 5) is 12.7. The Morgan fingerprint density at radius 2 is 1.52 bits per heavy atom. The summed E-state index contributed by atoms with van der Waals surface area (Å²) in [6.45, 7) is 2.17. The second kappa shape index (κ2) is 12.8. The van der Waals surface area contributed by atoms with E-state index >= 15 is 0 Å². The number of carbonyl (C=O) groups is 1. The standard InChI is InChI=1S/C31H30F7NO3/c1-18(22-13-23(30(33,34)35)15-24(14-22)31(36,37)38)42-26-12-9-21(17-39-16-19-5-3-2-4-6-19)28(29(40)41)27(26)20-7-10-25(32)11-8-20/h2-8,10-11,13-15,18,21,26-28,39H,9,12,16-17H2,1H3,(H,40,41)/t18-,21-,26+,27-,28-/m1/s1. The fraction of sp³-hybridized carbons (Fsp3) is 0.387. The summed E-state index contributed by atoms with van der Waals surface area (Å²) in [5, 5.41) is 13.6. The van der Waals surface area contributed by atoms with Crippen LogP contribution in [0.15, 0.2) is 72.8 Å². The van der Waals surface area contributed by atoms with Gasteiger partial charge in [-0.15, -0.1) is 0 Å². The molecule has 0 bridgehead atoms. The third-order valence-electron chi connectivity index (χ3n) is 7.69. The van der Waals surface area contributed by atoms with E-state index in [9.17, 15) is 40.6 Å². The van der Waals surface area contributed by atoms with Gasteiger partial charge in [0.05, 0.1) is 29.3 Å². The summed E-state index contributed by atoms with van der Waals surface area (Å²) in [6.07, 6.45) is -11.5. The Kier molecular flexibility index (Phi) is 9.62. The highest BCUT2D eigenvalue weighted by Gasteiger charge is 2.45. The van der Waals surface area contributed by atoms with Gasteiger partial charge in [-0.05, 0) is 79.3 Å². The van der Waals surface area contributed by atoms with Gasteiger partial charge in [0.2, 0.25) is 0 Å². The molecule has 2 N–H and O–H groups in total. The molecular weight excluding hydrogens is 567 g/mol. The van der Waals surface area contributed by atoms with Gasteiger partial charge >= 0.3 is 18.3 Å². The molecule has 1 aliphatic rings. The lowest BCUT2D eigenvalue weighted by Gasteiger charge is -2.42. The van der Waals surface area contributed by atoms with Crippen LogP contribution in [-0.4, -0.2) is 23.7 Å². The van der Waals surface area contributed by atoms with Crippen molar-refractivity contribution in [2.45, 2.75) is 56.8 Å². The molecule has 3 aromatic carbocycles. The van der Waals surface area contributed by atoms with Crippen LogP contribution in [-0.2, 0) is 28.4 Å². The summed E-state index contributed by atoms with van der Waals surface area (Å²) in [5.74, 6) is -3.90. The Bertz CT molecular complexity index is 1310. The van der Waals surface area contributed by atoms with E-state index in [0.717, 1.165) is 5.56 Å². The van der Waals surface area contributed by atoms with Gasteiger partial charge in [0.15, 0.2) is 0 Å². The molecule has 0 unspecified atom stereocenters. The maximum Gasteiger partial charge on any atom is 0.416 e. The monoisotopic (exact) mass is 597 g/mol. The Morgan fingerprint density at radius 1 is 0.929 bits per heavy atom. The van der Waals surface area contributed by atoms with E-state index in [-0.39, 0.29) is 17.5 Å². The molecule has 3 aromatic rings. The van der Waals surface area contributed by atoms with Crippen molar-refractivity contribution in [3.05, 3.63) is 106 Å². The maximum absolute atomic E-state index is 13.8. The first-order chi connectivity index (χ1) is 19.7. The first kappa shape index (κ1) is 31.5. The van der Waals surface area contributed by atoms with Crippen molar-refractivity contribution in [3.63, 3.8) is 0 Å². The first-order valence-electron chi connectivity index (χ1n) is 13.4. The molecule has 0 aliphatic heterocycles. The Hall–Kier alpha value is -3.44. The molecule has 1 aliphatic carbocycles. The number of rotatable bonds is 9. The van der Waals surface area contributed by atoms with Crippen molar-refractivity contribution < 1.29 is 45.4 Å². The number of aliphatic carboxylic acids is 1. The summed E-state index contributed by atoms with van der Waals surface area (Å²) in [6, 6.07) is 16.0. The molecular formula is C31H30F7NO3. The van der Waals surface area contributed by atoms with Gasteiger partial charge in [0.25, 0.3) is 0 Å². The van der Waals surface area contributed by atoms with Gasteiger partial charge in [-0.2, -0.15) is 26.3 Å². The average molecular weight is 598 g/mol. The molecule has 1 saturated carbocycles. The molecule has 0 amide bonds. The van der Waals surface area contributed by atoms with Crippen LogP contribution in [0.4, 0.5) is 30.7 Å². The predicted octanol–water partition coefficient (Wildman–Crippen LogP) is 7.99. The quantitative estimate of drug-likeness (QED) is 0.246. The van der Waals surface area contributed by atoms with Crippen molar-refractivity contribution in [2.24, 2.45) is 11.8 Å². The number of benzene rings is 3. The molecule has 4 nitrogen and oxygen atoms in total. The number of hydrogen-bond donors (Lipinski definition) is 2. The fourth-order valence-electron chi connectivity index (χ4n) is 5.66. The zero-order chi connectivity index (χ0) is 30.7. The molecule has 11 heteroatoms. The molecule has 42 heavy (non-hydrogen) atoms. The van der Waals surface area contributed by atoms with E-state index in [1.165, 1.54) is 31.2 Å². The minimum Gasteiger partial charge on any atom is -0.481 e. The summed E-state index contributed by atoms with van der Waals surface area (Å²) >= 11 is 0. The topological polar surface area (TPSA) is 58.6 Å². The van der Waals surface area contributed by atoms with Gasteiger partial charge in [-0.3, -0.25) is 4.79 Å². The molecule has 0 aromatic heterocycles. The molecule has 0 spiro atoms. The number of carboxylic acid groups (broad SMARTS) is 1. The van der Waals surface area contributed by atoms with Crippen LogP contribution < -0.4 is 5.32 Å². The van der Waals surface area contributed by atoms with Crippen LogP contribution in [0, 0.1) is 17.7 Å². The summed E-state index contributed by atoms with van der Waals surface area (Å²) in [7, 11) is 0. The Balaban J connectivity index is 1.63. The molecule has 0 radical (unpaired) electrons. The normalized spacial score (nSPS) is 22.1. The number of carboxylic acids is 1. The molecule has 0 heterocycles. The van der Waals surface area contributed by atoms with Gasteiger partial charge in [0, 0.05) is 12.5 Å². The van der Waals surface area contributed by atoms with Crippen LogP contribution in [0.3, 0.4) is 0 Å². The van der Waals surface area contributed by atoms with Crippen LogP contribution in [0.25, 0.3) is 0 Å². The summed E-state index contributed by atoms with van der Waals surface area (Å²) < 4.78 is 101. The number of ether oxygens (including phenoxy) is 1. The van der Waals surface area contributed by atoms with E-state index in [4.69, 9.17) is 4.74 Å². The van der Waals surface area contributed by atoms with Crippen molar-refractivity contribution in [2.75, 3.05) is 6.54 Å².